The monoisotopic (exact) mass is 237 g/mol. The molecule has 0 amide bonds. The minimum atomic E-state index is 0.149. The minimum absolute atomic E-state index is 0.149. The van der Waals surface area contributed by atoms with E-state index in [-0.39, 0.29) is 11.7 Å². The van der Waals surface area contributed by atoms with Crippen LogP contribution in [0.3, 0.4) is 0 Å². The van der Waals surface area contributed by atoms with Crippen molar-refractivity contribution in [3.63, 3.8) is 0 Å². The largest absolute Gasteiger partial charge is 0.399 e. The van der Waals surface area contributed by atoms with E-state index in [1.54, 1.807) is 12.1 Å². The van der Waals surface area contributed by atoms with E-state index in [2.05, 4.69) is 12.1 Å². The number of rotatable bonds is 3. The Kier molecular flexibility index (Phi) is 2.63. The van der Waals surface area contributed by atoms with Crippen LogP contribution in [0.2, 0.25) is 0 Å². The van der Waals surface area contributed by atoms with Gasteiger partial charge in [-0.3, -0.25) is 4.79 Å². The predicted octanol–water partition coefficient (Wildman–Crippen LogP) is 3.26. The third kappa shape index (κ3) is 2.02. The molecule has 0 bridgehead atoms. The molecule has 2 unspecified atom stereocenters. The summed E-state index contributed by atoms with van der Waals surface area (Å²) in [6.45, 7) is 0. The Morgan fingerprint density at radius 2 is 1.67 bits per heavy atom. The van der Waals surface area contributed by atoms with Crippen LogP contribution in [0.15, 0.2) is 54.6 Å². The number of hydrogen-bond acceptors (Lipinski definition) is 2. The number of hydrogen-bond donors (Lipinski definition) is 1. The summed E-state index contributed by atoms with van der Waals surface area (Å²) in [6, 6.07) is 17.5. The lowest BCUT2D eigenvalue weighted by molar-refractivity contribution is 0.0965. The van der Waals surface area contributed by atoms with E-state index < -0.39 is 0 Å². The highest BCUT2D eigenvalue weighted by atomic mass is 16.1. The van der Waals surface area contributed by atoms with Gasteiger partial charge in [0.25, 0.3) is 0 Å². The van der Waals surface area contributed by atoms with Gasteiger partial charge in [-0.05, 0) is 42.2 Å². The Balaban J connectivity index is 1.75. The van der Waals surface area contributed by atoms with Crippen molar-refractivity contribution in [2.24, 2.45) is 5.92 Å². The first kappa shape index (κ1) is 11.0. The standard InChI is InChI=1S/C16H15NO/c17-13-8-6-12(7-9-13)16(18)15-10-14(15)11-4-2-1-3-5-11/h1-9,14-15H,10,17H2. The van der Waals surface area contributed by atoms with Gasteiger partial charge in [-0.1, -0.05) is 30.3 Å². The molecule has 0 heterocycles. The van der Waals surface area contributed by atoms with Crippen LogP contribution in [-0.2, 0) is 0 Å². The molecular formula is C16H15NO. The maximum absolute atomic E-state index is 12.3. The van der Waals surface area contributed by atoms with Crippen molar-refractivity contribution in [2.75, 3.05) is 5.73 Å². The van der Waals surface area contributed by atoms with Gasteiger partial charge in [-0.15, -0.1) is 0 Å². The molecule has 0 radical (unpaired) electrons. The normalized spacial score (nSPS) is 21.6. The summed E-state index contributed by atoms with van der Waals surface area (Å²) >= 11 is 0. The molecule has 2 atom stereocenters. The zero-order chi connectivity index (χ0) is 12.5. The summed E-state index contributed by atoms with van der Waals surface area (Å²) in [5.41, 5.74) is 8.36. The molecule has 0 aliphatic heterocycles. The Labute approximate surface area is 106 Å². The van der Waals surface area contributed by atoms with Crippen LogP contribution in [0.25, 0.3) is 0 Å². The maximum Gasteiger partial charge on any atom is 0.166 e. The van der Waals surface area contributed by atoms with Gasteiger partial charge >= 0.3 is 0 Å². The lowest BCUT2D eigenvalue weighted by Gasteiger charge is -2.01. The first-order valence-electron chi connectivity index (χ1n) is 6.20. The van der Waals surface area contributed by atoms with Gasteiger partial charge in [0.15, 0.2) is 5.78 Å². The molecule has 0 saturated heterocycles. The van der Waals surface area contributed by atoms with Gasteiger partial charge in [0.05, 0.1) is 0 Å². The Morgan fingerprint density at radius 3 is 2.33 bits per heavy atom. The molecule has 90 valence electrons. The lowest BCUT2D eigenvalue weighted by Crippen LogP contribution is -2.03. The van der Waals surface area contributed by atoms with Crippen LogP contribution < -0.4 is 5.73 Å². The van der Waals surface area contributed by atoms with Crippen LogP contribution in [0.4, 0.5) is 5.69 Å². The van der Waals surface area contributed by atoms with Gasteiger partial charge in [-0.25, -0.2) is 0 Å². The fraction of sp³-hybridized carbons (Fsp3) is 0.188. The van der Waals surface area contributed by atoms with Crippen molar-refractivity contribution in [1.29, 1.82) is 0 Å². The van der Waals surface area contributed by atoms with Crippen molar-refractivity contribution in [2.45, 2.75) is 12.3 Å². The van der Waals surface area contributed by atoms with E-state index in [9.17, 15) is 4.79 Å². The van der Waals surface area contributed by atoms with Crippen LogP contribution in [-0.4, -0.2) is 5.78 Å². The van der Waals surface area contributed by atoms with E-state index in [4.69, 9.17) is 5.73 Å². The van der Waals surface area contributed by atoms with Gasteiger partial charge < -0.3 is 5.73 Å². The maximum atomic E-state index is 12.3. The van der Waals surface area contributed by atoms with E-state index in [0.29, 0.717) is 11.6 Å². The molecule has 2 aromatic carbocycles. The zero-order valence-corrected chi connectivity index (χ0v) is 10.0. The molecule has 2 N–H and O–H groups in total. The second kappa shape index (κ2) is 4.30. The smallest absolute Gasteiger partial charge is 0.166 e. The molecule has 1 aliphatic rings. The quantitative estimate of drug-likeness (QED) is 0.657. The average molecular weight is 237 g/mol. The van der Waals surface area contributed by atoms with Crippen molar-refractivity contribution < 1.29 is 4.79 Å². The van der Waals surface area contributed by atoms with Gasteiger partial charge in [-0.2, -0.15) is 0 Å². The zero-order valence-electron chi connectivity index (χ0n) is 10.0. The van der Waals surface area contributed by atoms with E-state index >= 15 is 0 Å². The molecule has 2 nitrogen and oxygen atoms in total. The number of Topliss-reactive ketones (excluding diaryl/α,β-unsaturated/α-hetero) is 1. The predicted molar refractivity (Wildman–Crippen MR) is 72.5 cm³/mol. The summed E-state index contributed by atoms with van der Waals surface area (Å²) < 4.78 is 0. The SMILES string of the molecule is Nc1ccc(C(=O)C2CC2c2ccccc2)cc1. The molecular weight excluding hydrogens is 222 g/mol. The third-order valence-corrected chi connectivity index (χ3v) is 3.55. The first-order valence-corrected chi connectivity index (χ1v) is 6.20. The second-order valence-electron chi connectivity index (χ2n) is 4.85. The Bertz CT molecular complexity index is 559. The average Bonchev–Trinajstić information content (AvgIpc) is 3.20. The summed E-state index contributed by atoms with van der Waals surface area (Å²) in [7, 11) is 0. The second-order valence-corrected chi connectivity index (χ2v) is 4.85. The van der Waals surface area contributed by atoms with Crippen LogP contribution in [0.5, 0.6) is 0 Å². The van der Waals surface area contributed by atoms with E-state index in [0.717, 1.165) is 12.0 Å². The van der Waals surface area contributed by atoms with Crippen LogP contribution >= 0.6 is 0 Å². The van der Waals surface area contributed by atoms with Crippen LogP contribution in [0, 0.1) is 5.92 Å². The molecule has 2 aromatic rings. The van der Waals surface area contributed by atoms with E-state index in [1.807, 2.05) is 30.3 Å². The molecule has 2 heteroatoms. The van der Waals surface area contributed by atoms with Gasteiger partial charge in [0.2, 0.25) is 0 Å². The lowest BCUT2D eigenvalue weighted by atomic mass is 10.0. The molecule has 0 spiro atoms. The van der Waals surface area contributed by atoms with E-state index in [1.165, 1.54) is 5.56 Å². The van der Waals surface area contributed by atoms with Crippen LogP contribution in [0.1, 0.15) is 28.3 Å². The number of ketones is 1. The van der Waals surface area contributed by atoms with Crippen molar-refractivity contribution in [3.8, 4) is 0 Å². The topological polar surface area (TPSA) is 43.1 Å². The number of benzene rings is 2. The molecule has 18 heavy (non-hydrogen) atoms. The van der Waals surface area contributed by atoms with Gasteiger partial charge in [0.1, 0.15) is 0 Å². The fourth-order valence-corrected chi connectivity index (χ4v) is 2.41. The number of carbonyl (C=O) groups is 1. The van der Waals surface area contributed by atoms with Crippen molar-refractivity contribution >= 4 is 11.5 Å². The highest BCUT2D eigenvalue weighted by Crippen LogP contribution is 2.49. The first-order chi connectivity index (χ1) is 8.75. The molecule has 1 fully saturated rings. The summed E-state index contributed by atoms with van der Waals surface area (Å²) in [6.07, 6.45) is 0.965. The molecule has 0 aromatic heterocycles. The number of nitrogens with two attached hydrogens (primary N) is 1. The highest BCUT2D eigenvalue weighted by Gasteiger charge is 2.43. The Morgan fingerprint density at radius 1 is 1.00 bits per heavy atom. The number of nitrogen functional groups attached to an aromatic ring is 1. The Hall–Kier alpha value is -2.09. The van der Waals surface area contributed by atoms with Crippen molar-refractivity contribution in [3.05, 3.63) is 65.7 Å². The molecule has 1 saturated carbocycles. The number of carbonyl (C=O) groups excluding carboxylic acids is 1. The van der Waals surface area contributed by atoms with Gasteiger partial charge in [0, 0.05) is 17.2 Å². The molecule has 3 rings (SSSR count). The summed E-state index contributed by atoms with van der Waals surface area (Å²) in [5.74, 6) is 0.788. The summed E-state index contributed by atoms with van der Waals surface area (Å²) in [5, 5.41) is 0. The fourth-order valence-electron chi connectivity index (χ4n) is 2.41. The third-order valence-electron chi connectivity index (χ3n) is 3.55. The molecule has 1 aliphatic carbocycles. The highest BCUT2D eigenvalue weighted by molar-refractivity contribution is 6.00. The minimum Gasteiger partial charge on any atom is -0.399 e. The van der Waals surface area contributed by atoms with Crippen molar-refractivity contribution in [1.82, 2.24) is 0 Å². The number of anilines is 1. The summed E-state index contributed by atoms with van der Waals surface area (Å²) in [4.78, 5) is 12.3.